The van der Waals surface area contributed by atoms with E-state index >= 15 is 0 Å². The van der Waals surface area contributed by atoms with Crippen LogP contribution in [0.2, 0.25) is 0 Å². The number of rotatable bonds is 5. The highest BCUT2D eigenvalue weighted by molar-refractivity contribution is 8.00. The lowest BCUT2D eigenvalue weighted by Gasteiger charge is -2.22. The van der Waals surface area contributed by atoms with Crippen molar-refractivity contribution in [1.29, 1.82) is 0 Å². The number of H-pyrrole nitrogens is 1. The molecule has 1 amide bonds. The Hall–Kier alpha value is -2.60. The summed E-state index contributed by atoms with van der Waals surface area (Å²) in [6.07, 6.45) is -0.823. The van der Waals surface area contributed by atoms with E-state index in [-0.39, 0.29) is 46.7 Å². The number of thioether (sulfide) groups is 1. The standard InChI is InChI=1S/C16H21N5O6S/c1-6(2)12(23)19-15-18-11-9(13(24)20-15)17-5-21(11)14-10(27-16(25)26)7(3)8(4-22)28-14/h5-8,10,14,22H,4H2,1-3H3,(H,25,26)(H2,18,19,20,23,24)/t7-,8-,10-,14-/m1/s1. The topological polar surface area (TPSA) is 159 Å². The summed E-state index contributed by atoms with van der Waals surface area (Å²) in [6, 6.07) is 0. The van der Waals surface area contributed by atoms with E-state index in [1.54, 1.807) is 25.3 Å². The van der Waals surface area contributed by atoms with Crippen LogP contribution < -0.4 is 10.9 Å². The number of nitrogens with one attached hydrogen (secondary N) is 2. The minimum Gasteiger partial charge on any atom is -0.450 e. The molecule has 4 N–H and O–H groups in total. The van der Waals surface area contributed by atoms with Gasteiger partial charge in [0.25, 0.3) is 5.56 Å². The number of hydrogen-bond acceptors (Lipinski definition) is 8. The van der Waals surface area contributed by atoms with E-state index in [2.05, 4.69) is 20.3 Å². The number of amides is 1. The molecule has 0 saturated carbocycles. The average molecular weight is 411 g/mol. The first kappa shape index (κ1) is 20.1. The van der Waals surface area contributed by atoms with Crippen molar-refractivity contribution in [3.8, 4) is 0 Å². The number of anilines is 1. The van der Waals surface area contributed by atoms with Crippen molar-refractivity contribution in [2.24, 2.45) is 11.8 Å². The van der Waals surface area contributed by atoms with Crippen molar-refractivity contribution in [2.75, 3.05) is 11.9 Å². The van der Waals surface area contributed by atoms with Gasteiger partial charge in [-0.05, 0) is 0 Å². The summed E-state index contributed by atoms with van der Waals surface area (Å²) in [4.78, 5) is 46.2. The molecule has 2 aromatic rings. The van der Waals surface area contributed by atoms with Gasteiger partial charge in [0.15, 0.2) is 11.2 Å². The molecule has 3 heterocycles. The van der Waals surface area contributed by atoms with Gasteiger partial charge in [-0.2, -0.15) is 4.98 Å². The van der Waals surface area contributed by atoms with Gasteiger partial charge in [-0.1, -0.05) is 20.8 Å². The third-order valence-corrected chi connectivity index (χ3v) is 6.29. The summed E-state index contributed by atoms with van der Waals surface area (Å²) in [7, 11) is 0. The van der Waals surface area contributed by atoms with E-state index in [9.17, 15) is 19.5 Å². The fourth-order valence-electron chi connectivity index (χ4n) is 3.00. The van der Waals surface area contributed by atoms with E-state index in [0.29, 0.717) is 0 Å². The Labute approximate surface area is 163 Å². The van der Waals surface area contributed by atoms with Crippen molar-refractivity contribution in [3.63, 3.8) is 0 Å². The van der Waals surface area contributed by atoms with Gasteiger partial charge in [0.05, 0.1) is 12.9 Å². The van der Waals surface area contributed by atoms with Crippen LogP contribution in [0.3, 0.4) is 0 Å². The summed E-state index contributed by atoms with van der Waals surface area (Å²) >= 11 is 1.32. The largest absolute Gasteiger partial charge is 0.506 e. The number of carbonyl (C=O) groups excluding carboxylic acids is 1. The summed E-state index contributed by atoms with van der Waals surface area (Å²) in [5.74, 6) is -0.917. The van der Waals surface area contributed by atoms with Crippen LogP contribution in [0.4, 0.5) is 10.7 Å². The van der Waals surface area contributed by atoms with Crippen molar-refractivity contribution in [1.82, 2.24) is 19.5 Å². The number of aromatic nitrogens is 4. The number of aliphatic hydroxyl groups excluding tert-OH is 1. The second-order valence-corrected chi connectivity index (χ2v) is 8.20. The lowest BCUT2D eigenvalue weighted by atomic mass is 10.0. The Kier molecular flexibility index (Phi) is 5.61. The second kappa shape index (κ2) is 7.80. The Morgan fingerprint density at radius 2 is 2.18 bits per heavy atom. The van der Waals surface area contributed by atoms with Gasteiger partial charge >= 0.3 is 6.16 Å². The van der Waals surface area contributed by atoms with Gasteiger partial charge in [-0.3, -0.25) is 24.5 Å². The molecule has 3 rings (SSSR count). The summed E-state index contributed by atoms with van der Waals surface area (Å²) in [6.45, 7) is 5.04. The zero-order valence-electron chi connectivity index (χ0n) is 15.4. The third kappa shape index (κ3) is 3.69. The van der Waals surface area contributed by atoms with Crippen LogP contribution in [0.25, 0.3) is 11.2 Å². The molecule has 1 aliphatic heterocycles. The average Bonchev–Trinajstić information content (AvgIpc) is 3.16. The highest BCUT2D eigenvalue weighted by atomic mass is 32.2. The first-order valence-electron chi connectivity index (χ1n) is 8.66. The first-order chi connectivity index (χ1) is 13.2. The Balaban J connectivity index is 2.04. The molecule has 2 aromatic heterocycles. The van der Waals surface area contributed by atoms with E-state index in [1.807, 2.05) is 0 Å². The Bertz CT molecular complexity index is 957. The lowest BCUT2D eigenvalue weighted by Crippen LogP contribution is -2.30. The maximum atomic E-state index is 12.3. The molecule has 12 heteroatoms. The molecule has 11 nitrogen and oxygen atoms in total. The molecule has 0 unspecified atom stereocenters. The van der Waals surface area contributed by atoms with Crippen LogP contribution in [0.5, 0.6) is 0 Å². The number of ether oxygens (including phenoxy) is 1. The molecule has 0 aromatic carbocycles. The quantitative estimate of drug-likeness (QED) is 0.527. The van der Waals surface area contributed by atoms with Crippen molar-refractivity contribution < 1.29 is 24.5 Å². The molecular formula is C16H21N5O6S. The number of aromatic amines is 1. The molecule has 28 heavy (non-hydrogen) atoms. The SMILES string of the molecule is CC(C)C(=O)Nc1nc2c(ncn2[C@@H]2S[C@H](CO)[C@@H](C)[C@H]2OC(=O)O)c(=O)[nH]1. The second-order valence-electron chi connectivity index (χ2n) is 6.84. The van der Waals surface area contributed by atoms with Crippen LogP contribution in [-0.4, -0.2) is 59.8 Å². The number of carbonyl (C=O) groups is 2. The van der Waals surface area contributed by atoms with Gasteiger partial charge in [0, 0.05) is 17.1 Å². The van der Waals surface area contributed by atoms with E-state index < -0.39 is 23.2 Å². The lowest BCUT2D eigenvalue weighted by molar-refractivity contribution is -0.118. The molecule has 1 fully saturated rings. The van der Waals surface area contributed by atoms with Crippen LogP contribution in [0.1, 0.15) is 26.1 Å². The first-order valence-corrected chi connectivity index (χ1v) is 9.60. The predicted octanol–water partition coefficient (Wildman–Crippen LogP) is 1.02. The molecule has 4 atom stereocenters. The predicted molar refractivity (Wildman–Crippen MR) is 101 cm³/mol. The minimum absolute atomic E-state index is 0.0246. The van der Waals surface area contributed by atoms with Gasteiger partial charge in [-0.25, -0.2) is 9.78 Å². The van der Waals surface area contributed by atoms with Crippen LogP contribution in [0.15, 0.2) is 11.1 Å². The van der Waals surface area contributed by atoms with Gasteiger partial charge in [0.2, 0.25) is 11.9 Å². The number of aliphatic hydroxyl groups is 1. The van der Waals surface area contributed by atoms with Gasteiger partial charge < -0.3 is 14.9 Å². The van der Waals surface area contributed by atoms with Gasteiger partial charge in [-0.15, -0.1) is 11.8 Å². The zero-order chi connectivity index (χ0) is 20.6. The number of fused-ring (bicyclic) bond motifs is 1. The minimum atomic E-state index is -1.43. The molecule has 1 aliphatic rings. The number of imidazole rings is 1. The molecule has 0 aliphatic carbocycles. The molecule has 0 bridgehead atoms. The normalized spacial score (nSPS) is 24.6. The molecule has 0 radical (unpaired) electrons. The number of hydrogen-bond donors (Lipinski definition) is 4. The van der Waals surface area contributed by atoms with E-state index in [0.717, 1.165) is 0 Å². The van der Waals surface area contributed by atoms with Crippen molar-refractivity contribution >= 4 is 40.9 Å². The summed E-state index contributed by atoms with van der Waals surface area (Å²) in [5, 5.41) is 20.4. The Morgan fingerprint density at radius 1 is 1.46 bits per heavy atom. The molecule has 152 valence electrons. The van der Waals surface area contributed by atoms with Gasteiger partial charge in [0.1, 0.15) is 11.5 Å². The third-order valence-electron chi connectivity index (χ3n) is 4.59. The number of carboxylic acid groups (broad SMARTS) is 1. The smallest absolute Gasteiger partial charge is 0.450 e. The van der Waals surface area contributed by atoms with E-state index in [4.69, 9.17) is 9.84 Å². The Morgan fingerprint density at radius 3 is 2.79 bits per heavy atom. The van der Waals surface area contributed by atoms with Crippen LogP contribution in [-0.2, 0) is 9.53 Å². The molecule has 1 saturated heterocycles. The molecular weight excluding hydrogens is 390 g/mol. The summed E-state index contributed by atoms with van der Waals surface area (Å²) in [5.41, 5.74) is -0.296. The van der Waals surface area contributed by atoms with Crippen molar-refractivity contribution in [2.45, 2.75) is 37.5 Å². The monoisotopic (exact) mass is 411 g/mol. The number of nitrogens with zero attached hydrogens (tertiary/aromatic N) is 3. The summed E-state index contributed by atoms with van der Waals surface area (Å²) < 4.78 is 6.59. The van der Waals surface area contributed by atoms with E-state index in [1.165, 1.54) is 18.1 Å². The maximum Gasteiger partial charge on any atom is 0.506 e. The van der Waals surface area contributed by atoms with Crippen molar-refractivity contribution in [3.05, 3.63) is 16.7 Å². The fraction of sp³-hybridized carbons (Fsp3) is 0.562. The van der Waals surface area contributed by atoms with Crippen LogP contribution >= 0.6 is 11.8 Å². The fourth-order valence-corrected chi connectivity index (χ4v) is 4.59. The maximum absolute atomic E-state index is 12.3. The zero-order valence-corrected chi connectivity index (χ0v) is 16.3. The highest BCUT2D eigenvalue weighted by Gasteiger charge is 2.45. The molecule has 0 spiro atoms. The highest BCUT2D eigenvalue weighted by Crippen LogP contribution is 2.47. The van der Waals surface area contributed by atoms with Crippen LogP contribution in [0, 0.1) is 11.8 Å².